The van der Waals surface area contributed by atoms with Crippen molar-refractivity contribution >= 4 is 17.7 Å². The van der Waals surface area contributed by atoms with Crippen molar-refractivity contribution in [1.29, 1.82) is 0 Å². The van der Waals surface area contributed by atoms with Crippen molar-refractivity contribution in [3.05, 3.63) is 35.6 Å². The van der Waals surface area contributed by atoms with E-state index < -0.39 is 0 Å². The fourth-order valence-electron chi connectivity index (χ4n) is 2.04. The summed E-state index contributed by atoms with van der Waals surface area (Å²) in [6.07, 6.45) is -0.148. The standard InChI is InChI=1S/C14H18FNO2S/c1-2-19-10-14(17)16-7-8-18-13(9-16)11-3-5-12(15)6-4-11/h3-6,13H,2,7-10H2,1H3/t13-/m1/s1. The number of benzene rings is 1. The van der Waals surface area contributed by atoms with Gasteiger partial charge in [0.25, 0.3) is 0 Å². The molecule has 1 fully saturated rings. The van der Waals surface area contributed by atoms with Crippen molar-refractivity contribution in [3.63, 3.8) is 0 Å². The number of morpholine rings is 1. The van der Waals surface area contributed by atoms with Crippen LogP contribution in [-0.4, -0.2) is 42.0 Å². The summed E-state index contributed by atoms with van der Waals surface area (Å²) in [5.41, 5.74) is 0.919. The lowest BCUT2D eigenvalue weighted by molar-refractivity contribution is -0.136. The van der Waals surface area contributed by atoms with Gasteiger partial charge in [-0.05, 0) is 23.4 Å². The van der Waals surface area contributed by atoms with Crippen LogP contribution in [0.15, 0.2) is 24.3 Å². The summed E-state index contributed by atoms with van der Waals surface area (Å²) >= 11 is 1.63. The first-order chi connectivity index (χ1) is 9.20. The van der Waals surface area contributed by atoms with Gasteiger partial charge in [0.1, 0.15) is 11.9 Å². The van der Waals surface area contributed by atoms with Crippen LogP contribution in [0.4, 0.5) is 4.39 Å². The highest BCUT2D eigenvalue weighted by molar-refractivity contribution is 7.99. The Hall–Kier alpha value is -1.07. The number of carbonyl (C=O) groups excluding carboxylic acids is 1. The third kappa shape index (κ3) is 3.94. The van der Waals surface area contributed by atoms with Crippen LogP contribution in [0.25, 0.3) is 0 Å². The van der Waals surface area contributed by atoms with Crippen LogP contribution in [-0.2, 0) is 9.53 Å². The van der Waals surface area contributed by atoms with Crippen LogP contribution in [0.5, 0.6) is 0 Å². The molecule has 0 unspecified atom stereocenters. The first kappa shape index (κ1) is 14.3. The van der Waals surface area contributed by atoms with Gasteiger partial charge >= 0.3 is 0 Å². The summed E-state index contributed by atoms with van der Waals surface area (Å²) in [5, 5.41) is 0. The Balaban J connectivity index is 1.96. The number of ether oxygens (including phenoxy) is 1. The highest BCUT2D eigenvalue weighted by Crippen LogP contribution is 2.22. The largest absolute Gasteiger partial charge is 0.370 e. The topological polar surface area (TPSA) is 29.5 Å². The molecular formula is C14H18FNO2S. The van der Waals surface area contributed by atoms with E-state index in [1.807, 2.05) is 11.8 Å². The molecule has 2 rings (SSSR count). The van der Waals surface area contributed by atoms with E-state index in [2.05, 4.69) is 0 Å². The zero-order chi connectivity index (χ0) is 13.7. The molecule has 0 aliphatic carbocycles. The molecule has 1 aliphatic rings. The Morgan fingerprint density at radius 3 is 2.89 bits per heavy atom. The van der Waals surface area contributed by atoms with E-state index in [1.54, 1.807) is 23.9 Å². The van der Waals surface area contributed by atoms with Gasteiger partial charge in [-0.25, -0.2) is 4.39 Å². The maximum Gasteiger partial charge on any atom is 0.232 e. The molecule has 1 aromatic rings. The van der Waals surface area contributed by atoms with Gasteiger partial charge in [0, 0.05) is 6.54 Å². The molecule has 1 atom stereocenters. The molecule has 1 saturated heterocycles. The monoisotopic (exact) mass is 283 g/mol. The molecule has 19 heavy (non-hydrogen) atoms. The lowest BCUT2D eigenvalue weighted by Gasteiger charge is -2.33. The Bertz CT molecular complexity index is 424. The SMILES string of the molecule is CCSCC(=O)N1CCO[C@@H](c2ccc(F)cc2)C1. The minimum absolute atomic E-state index is 0.148. The number of amides is 1. The molecule has 5 heteroatoms. The average molecular weight is 283 g/mol. The van der Waals surface area contributed by atoms with Gasteiger partial charge in [-0.1, -0.05) is 19.1 Å². The van der Waals surface area contributed by atoms with Gasteiger partial charge in [-0.15, -0.1) is 0 Å². The third-order valence-corrected chi connectivity index (χ3v) is 3.95. The smallest absolute Gasteiger partial charge is 0.232 e. The number of thioether (sulfide) groups is 1. The van der Waals surface area contributed by atoms with Gasteiger partial charge in [-0.2, -0.15) is 11.8 Å². The zero-order valence-electron chi connectivity index (χ0n) is 11.0. The molecule has 1 aliphatic heterocycles. The normalized spacial score (nSPS) is 19.5. The van der Waals surface area contributed by atoms with Gasteiger partial charge in [-0.3, -0.25) is 4.79 Å². The predicted octanol–water partition coefficient (Wildman–Crippen LogP) is 2.48. The Morgan fingerprint density at radius 2 is 2.21 bits per heavy atom. The molecule has 1 heterocycles. The quantitative estimate of drug-likeness (QED) is 0.850. The van der Waals surface area contributed by atoms with Crippen molar-refractivity contribution in [2.24, 2.45) is 0 Å². The summed E-state index contributed by atoms with van der Waals surface area (Å²) in [6.45, 7) is 3.76. The summed E-state index contributed by atoms with van der Waals surface area (Å²) in [7, 11) is 0. The molecule has 0 aromatic heterocycles. The average Bonchev–Trinajstić information content (AvgIpc) is 2.45. The second-order valence-corrected chi connectivity index (χ2v) is 5.66. The minimum atomic E-state index is -0.258. The van der Waals surface area contributed by atoms with Crippen molar-refractivity contribution < 1.29 is 13.9 Å². The van der Waals surface area contributed by atoms with E-state index in [0.717, 1.165) is 11.3 Å². The van der Waals surface area contributed by atoms with Crippen LogP contribution in [0.1, 0.15) is 18.6 Å². The van der Waals surface area contributed by atoms with Crippen molar-refractivity contribution in [1.82, 2.24) is 4.90 Å². The molecule has 0 N–H and O–H groups in total. The zero-order valence-corrected chi connectivity index (χ0v) is 11.8. The third-order valence-electron chi connectivity index (χ3n) is 3.09. The second kappa shape index (κ2) is 6.91. The van der Waals surface area contributed by atoms with Crippen LogP contribution in [0, 0.1) is 5.82 Å². The molecule has 0 spiro atoms. The number of carbonyl (C=O) groups is 1. The molecule has 1 amide bonds. The van der Waals surface area contributed by atoms with E-state index in [1.165, 1.54) is 12.1 Å². The van der Waals surface area contributed by atoms with E-state index in [4.69, 9.17) is 4.74 Å². The Labute approximate surface area is 117 Å². The van der Waals surface area contributed by atoms with E-state index >= 15 is 0 Å². The van der Waals surface area contributed by atoms with Crippen LogP contribution in [0.2, 0.25) is 0 Å². The summed E-state index contributed by atoms with van der Waals surface area (Å²) in [5.74, 6) is 1.36. The first-order valence-corrected chi connectivity index (χ1v) is 7.58. The highest BCUT2D eigenvalue weighted by Gasteiger charge is 2.25. The molecule has 104 valence electrons. The van der Waals surface area contributed by atoms with E-state index in [-0.39, 0.29) is 17.8 Å². The predicted molar refractivity (Wildman–Crippen MR) is 74.7 cm³/mol. The molecule has 1 aromatic carbocycles. The van der Waals surface area contributed by atoms with Crippen LogP contribution >= 0.6 is 11.8 Å². The summed E-state index contributed by atoms with van der Waals surface area (Å²) in [6, 6.07) is 6.28. The fraction of sp³-hybridized carbons (Fsp3) is 0.500. The minimum Gasteiger partial charge on any atom is -0.370 e. The number of halogens is 1. The van der Waals surface area contributed by atoms with Gasteiger partial charge in [0.05, 0.1) is 18.9 Å². The maximum atomic E-state index is 12.9. The Kier molecular flexibility index (Phi) is 5.22. The van der Waals surface area contributed by atoms with E-state index in [0.29, 0.717) is 25.4 Å². The molecule has 0 bridgehead atoms. The maximum absolute atomic E-state index is 12.9. The molecule has 0 radical (unpaired) electrons. The Morgan fingerprint density at radius 1 is 1.47 bits per heavy atom. The second-order valence-electron chi connectivity index (χ2n) is 4.39. The van der Waals surface area contributed by atoms with E-state index in [9.17, 15) is 9.18 Å². The van der Waals surface area contributed by atoms with Gasteiger partial charge in [0.15, 0.2) is 0 Å². The highest BCUT2D eigenvalue weighted by atomic mass is 32.2. The van der Waals surface area contributed by atoms with Crippen LogP contribution in [0.3, 0.4) is 0 Å². The molecule has 3 nitrogen and oxygen atoms in total. The van der Waals surface area contributed by atoms with Gasteiger partial charge in [0.2, 0.25) is 5.91 Å². The van der Waals surface area contributed by atoms with Crippen molar-refractivity contribution in [3.8, 4) is 0 Å². The number of rotatable bonds is 4. The lowest BCUT2D eigenvalue weighted by atomic mass is 10.1. The van der Waals surface area contributed by atoms with Crippen molar-refractivity contribution in [2.75, 3.05) is 31.2 Å². The molecule has 0 saturated carbocycles. The summed E-state index contributed by atoms with van der Waals surface area (Å²) in [4.78, 5) is 13.8. The number of hydrogen-bond acceptors (Lipinski definition) is 3. The first-order valence-electron chi connectivity index (χ1n) is 6.43. The fourth-order valence-corrected chi connectivity index (χ4v) is 2.60. The lowest BCUT2D eigenvalue weighted by Crippen LogP contribution is -2.43. The van der Waals surface area contributed by atoms with Crippen LogP contribution < -0.4 is 0 Å². The number of hydrogen-bond donors (Lipinski definition) is 0. The van der Waals surface area contributed by atoms with Gasteiger partial charge < -0.3 is 9.64 Å². The molecular weight excluding hydrogens is 265 g/mol. The van der Waals surface area contributed by atoms with Crippen molar-refractivity contribution in [2.45, 2.75) is 13.0 Å². The number of nitrogens with zero attached hydrogens (tertiary/aromatic N) is 1. The summed E-state index contributed by atoms with van der Waals surface area (Å²) < 4.78 is 18.6.